The van der Waals surface area contributed by atoms with Gasteiger partial charge in [0.25, 0.3) is 5.91 Å². The van der Waals surface area contributed by atoms with Gasteiger partial charge in [-0.3, -0.25) is 24.2 Å². The first-order valence-corrected chi connectivity index (χ1v) is 15.9. The van der Waals surface area contributed by atoms with Gasteiger partial charge >= 0.3 is 5.63 Å². The van der Waals surface area contributed by atoms with Crippen molar-refractivity contribution in [3.05, 3.63) is 82.2 Å². The molecule has 3 atom stereocenters. The minimum atomic E-state index is -1.11. The van der Waals surface area contributed by atoms with Crippen LogP contribution in [0.3, 0.4) is 0 Å². The summed E-state index contributed by atoms with van der Waals surface area (Å²) in [5.74, 6) is -2.69. The molecule has 8 N–H and O–H groups in total. The second-order valence-corrected chi connectivity index (χ2v) is 11.8. The van der Waals surface area contributed by atoms with Crippen LogP contribution in [0.15, 0.2) is 74.9 Å². The zero-order valence-corrected chi connectivity index (χ0v) is 26.5. The normalized spacial score (nSPS) is 15.2. The van der Waals surface area contributed by atoms with E-state index in [0.29, 0.717) is 30.2 Å². The largest absolute Gasteiger partial charge is 0.422 e. The number of nitrogens with two attached hydrogens (primary N) is 3. The van der Waals surface area contributed by atoms with Crippen LogP contribution in [0.4, 0.5) is 0 Å². The lowest BCUT2D eigenvalue weighted by Gasteiger charge is -2.38. The summed E-state index contributed by atoms with van der Waals surface area (Å²) < 4.78 is 5.44. The number of para-hydroxylation sites is 1. The predicted molar refractivity (Wildman–Crippen MR) is 178 cm³/mol. The molecule has 13 heteroatoms. The highest BCUT2D eigenvalue weighted by molar-refractivity contribution is 6.00. The summed E-state index contributed by atoms with van der Waals surface area (Å²) >= 11 is 0. The van der Waals surface area contributed by atoms with E-state index in [4.69, 9.17) is 21.6 Å². The number of nitrogens with one attached hydrogen (secondary N) is 2. The Bertz CT molecular complexity index is 1650. The van der Waals surface area contributed by atoms with Crippen molar-refractivity contribution in [1.82, 2.24) is 15.5 Å². The zero-order chi connectivity index (χ0) is 33.9. The second kappa shape index (κ2) is 16.4. The van der Waals surface area contributed by atoms with Crippen LogP contribution in [-0.4, -0.2) is 65.2 Å². The van der Waals surface area contributed by atoms with Crippen molar-refractivity contribution < 1.29 is 23.6 Å². The van der Waals surface area contributed by atoms with Gasteiger partial charge in [0, 0.05) is 24.4 Å². The van der Waals surface area contributed by atoms with Gasteiger partial charge in [-0.25, -0.2) is 4.79 Å². The topological polar surface area (TPSA) is 216 Å². The number of benzene rings is 2. The molecule has 0 spiro atoms. The van der Waals surface area contributed by atoms with Crippen molar-refractivity contribution in [1.29, 1.82) is 0 Å². The van der Waals surface area contributed by atoms with E-state index >= 15 is 0 Å². The average Bonchev–Trinajstić information content (AvgIpc) is 3.06. The fourth-order valence-corrected chi connectivity index (χ4v) is 5.90. The van der Waals surface area contributed by atoms with Crippen molar-refractivity contribution in [2.75, 3.05) is 6.54 Å². The van der Waals surface area contributed by atoms with Crippen LogP contribution in [0.25, 0.3) is 11.0 Å². The SMILES string of the molecule is C[C@@H](C(=O)N[C@@H](CCCN=C(N)N)C(=O)N[C@@H](Cc1ccccc1)C(N)=O)N(C(=O)c1cc2ccccc2oc1=O)C1CCCCC1. The number of aliphatic imine (C=N–C) groups is 1. The Morgan fingerprint density at radius 1 is 0.915 bits per heavy atom. The number of fused-ring (bicyclic) bond motifs is 1. The molecule has 1 aliphatic rings. The molecule has 4 rings (SSSR count). The number of hydrogen-bond donors (Lipinski definition) is 5. The Labute approximate surface area is 272 Å². The average molecular weight is 646 g/mol. The molecule has 0 aliphatic heterocycles. The summed E-state index contributed by atoms with van der Waals surface area (Å²) in [6.45, 7) is 1.77. The molecule has 250 valence electrons. The Morgan fingerprint density at radius 3 is 2.26 bits per heavy atom. The van der Waals surface area contributed by atoms with Crippen molar-refractivity contribution in [2.24, 2.45) is 22.2 Å². The van der Waals surface area contributed by atoms with Crippen molar-refractivity contribution in [3.8, 4) is 0 Å². The van der Waals surface area contributed by atoms with Gasteiger partial charge in [-0.2, -0.15) is 0 Å². The van der Waals surface area contributed by atoms with E-state index in [-0.39, 0.29) is 37.0 Å². The Kier molecular flexibility index (Phi) is 12.1. The van der Waals surface area contributed by atoms with E-state index in [0.717, 1.165) is 24.8 Å². The zero-order valence-electron chi connectivity index (χ0n) is 26.5. The first kappa shape index (κ1) is 34.7. The van der Waals surface area contributed by atoms with E-state index in [2.05, 4.69) is 15.6 Å². The van der Waals surface area contributed by atoms with E-state index in [1.165, 1.54) is 11.0 Å². The number of guanidine groups is 1. The quantitative estimate of drug-likeness (QED) is 0.0751. The van der Waals surface area contributed by atoms with E-state index in [1.807, 2.05) is 30.3 Å². The summed E-state index contributed by atoms with van der Waals surface area (Å²) in [5.41, 5.74) is 16.7. The van der Waals surface area contributed by atoms with Crippen LogP contribution >= 0.6 is 0 Å². The fourth-order valence-electron chi connectivity index (χ4n) is 5.90. The standard InChI is InChI=1S/C34H43N7O6/c1-21(41(24-14-6-3-7-15-24)32(45)25-20-23-13-8-9-17-28(23)47-33(25)46)30(43)39-26(16-10-18-38-34(36)37)31(44)40-27(29(35)42)19-22-11-4-2-5-12-22/h2,4-5,8-9,11-13,17,20-21,24,26-27H,3,6-7,10,14-16,18-19H2,1H3,(H2,35,42)(H,39,43)(H,40,44)(H4,36,37,38)/t21-,26-,27-/m0/s1. The van der Waals surface area contributed by atoms with Crippen LogP contribution < -0.4 is 33.5 Å². The molecule has 1 aliphatic carbocycles. The van der Waals surface area contributed by atoms with E-state index in [1.54, 1.807) is 31.2 Å². The molecule has 1 fully saturated rings. The van der Waals surface area contributed by atoms with E-state index < -0.39 is 47.4 Å². The minimum Gasteiger partial charge on any atom is -0.422 e. The lowest BCUT2D eigenvalue weighted by Crippen LogP contribution is -2.58. The molecule has 1 saturated carbocycles. The lowest BCUT2D eigenvalue weighted by atomic mass is 9.92. The molecule has 0 bridgehead atoms. The van der Waals surface area contributed by atoms with Gasteiger partial charge in [0.1, 0.15) is 29.3 Å². The second-order valence-electron chi connectivity index (χ2n) is 11.8. The summed E-state index contributed by atoms with van der Waals surface area (Å²) in [4.78, 5) is 72.2. The molecule has 4 amide bonds. The van der Waals surface area contributed by atoms with Gasteiger partial charge in [-0.15, -0.1) is 0 Å². The molecule has 13 nitrogen and oxygen atoms in total. The van der Waals surface area contributed by atoms with Gasteiger partial charge in [-0.1, -0.05) is 67.8 Å². The minimum absolute atomic E-state index is 0.111. The highest BCUT2D eigenvalue weighted by atomic mass is 16.4. The van der Waals surface area contributed by atoms with Crippen LogP contribution in [-0.2, 0) is 20.8 Å². The highest BCUT2D eigenvalue weighted by Gasteiger charge is 2.36. The van der Waals surface area contributed by atoms with Gasteiger partial charge < -0.3 is 37.2 Å². The van der Waals surface area contributed by atoms with Crippen molar-refractivity contribution >= 4 is 40.6 Å². The maximum absolute atomic E-state index is 14.1. The Balaban J connectivity index is 1.58. The fraction of sp³-hybridized carbons (Fsp3) is 0.412. The number of amides is 4. The number of carbonyl (C=O) groups is 4. The smallest absolute Gasteiger partial charge is 0.349 e. The van der Waals surface area contributed by atoms with Gasteiger partial charge in [0.2, 0.25) is 17.7 Å². The predicted octanol–water partition coefficient (Wildman–Crippen LogP) is 1.71. The Morgan fingerprint density at radius 2 is 1.57 bits per heavy atom. The van der Waals surface area contributed by atoms with Crippen LogP contribution in [0.5, 0.6) is 0 Å². The molecule has 0 saturated heterocycles. The lowest BCUT2D eigenvalue weighted by molar-refractivity contribution is -0.133. The molecule has 1 heterocycles. The van der Waals surface area contributed by atoms with Crippen LogP contribution in [0.1, 0.15) is 67.8 Å². The van der Waals surface area contributed by atoms with Crippen LogP contribution in [0, 0.1) is 0 Å². The molecule has 3 aromatic rings. The first-order valence-electron chi connectivity index (χ1n) is 15.9. The van der Waals surface area contributed by atoms with Gasteiger partial charge in [0.15, 0.2) is 5.96 Å². The van der Waals surface area contributed by atoms with E-state index in [9.17, 15) is 24.0 Å². The Hall–Kier alpha value is -5.20. The summed E-state index contributed by atoms with van der Waals surface area (Å²) in [5, 5.41) is 6.03. The monoisotopic (exact) mass is 645 g/mol. The molecular weight excluding hydrogens is 602 g/mol. The molecule has 0 radical (unpaired) electrons. The third-order valence-corrected chi connectivity index (χ3v) is 8.39. The number of nitrogens with zero attached hydrogens (tertiary/aromatic N) is 2. The number of carbonyl (C=O) groups excluding carboxylic acids is 4. The molecule has 0 unspecified atom stereocenters. The molecule has 47 heavy (non-hydrogen) atoms. The first-order chi connectivity index (χ1) is 22.5. The van der Waals surface area contributed by atoms with Gasteiger partial charge in [0.05, 0.1) is 0 Å². The third kappa shape index (κ3) is 9.41. The highest BCUT2D eigenvalue weighted by Crippen LogP contribution is 2.26. The maximum Gasteiger partial charge on any atom is 0.349 e. The van der Waals surface area contributed by atoms with Crippen molar-refractivity contribution in [2.45, 2.75) is 82.5 Å². The van der Waals surface area contributed by atoms with Gasteiger partial charge in [-0.05, 0) is 50.3 Å². The van der Waals surface area contributed by atoms with Crippen LogP contribution in [0.2, 0.25) is 0 Å². The molecule has 1 aromatic heterocycles. The summed E-state index contributed by atoms with van der Waals surface area (Å²) in [6, 6.07) is 13.9. The third-order valence-electron chi connectivity index (χ3n) is 8.39. The van der Waals surface area contributed by atoms with Crippen molar-refractivity contribution in [3.63, 3.8) is 0 Å². The molecule has 2 aromatic carbocycles. The number of hydrogen-bond acceptors (Lipinski definition) is 7. The number of primary amides is 1. The summed E-state index contributed by atoms with van der Waals surface area (Å²) in [7, 11) is 0. The number of rotatable bonds is 14. The maximum atomic E-state index is 14.1. The summed E-state index contributed by atoms with van der Waals surface area (Å²) in [6.07, 6.45) is 4.65. The molecular formula is C34H43N7O6.